The second kappa shape index (κ2) is 10.9. The van der Waals surface area contributed by atoms with Gasteiger partial charge in [0.05, 0.1) is 0 Å². The molecule has 1 aromatic carbocycles. The maximum atomic E-state index is 6.15. The fourth-order valence-electron chi connectivity index (χ4n) is 5.80. The highest BCUT2D eigenvalue weighted by Crippen LogP contribution is 2.41. The summed E-state index contributed by atoms with van der Waals surface area (Å²) in [4.78, 5) is 14.5. The van der Waals surface area contributed by atoms with Crippen LogP contribution in [-0.2, 0) is 5.41 Å². The Balaban J connectivity index is 1.30. The lowest BCUT2D eigenvalue weighted by atomic mass is 9.79. The lowest BCUT2D eigenvalue weighted by molar-refractivity contribution is 0.435. The third kappa shape index (κ3) is 5.83. The summed E-state index contributed by atoms with van der Waals surface area (Å²) < 4.78 is 0. The van der Waals surface area contributed by atoms with Gasteiger partial charge < -0.3 is 20.4 Å². The highest BCUT2D eigenvalue weighted by Gasteiger charge is 2.35. The summed E-state index contributed by atoms with van der Waals surface area (Å²) in [5.41, 5.74) is 1.42. The Morgan fingerprint density at radius 2 is 1.57 bits per heavy atom. The van der Waals surface area contributed by atoms with Crippen molar-refractivity contribution in [2.45, 2.75) is 63.7 Å². The molecular weight excluding hydrogens is 476 g/mol. The van der Waals surface area contributed by atoms with Gasteiger partial charge in [0, 0.05) is 49.2 Å². The molecule has 0 bridgehead atoms. The van der Waals surface area contributed by atoms with Gasteiger partial charge in [-0.15, -0.1) is 0 Å². The van der Waals surface area contributed by atoms with E-state index in [1.807, 2.05) is 12.1 Å². The summed E-state index contributed by atoms with van der Waals surface area (Å²) in [5, 5.41) is 8.18. The van der Waals surface area contributed by atoms with Gasteiger partial charge in [0.15, 0.2) is 5.11 Å². The number of benzene rings is 1. The maximum Gasteiger partial charge on any atom is 0.232 e. The van der Waals surface area contributed by atoms with Crippen LogP contribution in [0.25, 0.3) is 0 Å². The maximum absolute atomic E-state index is 6.15. The molecule has 1 saturated carbocycles. The zero-order valence-corrected chi connectivity index (χ0v) is 22.3. The predicted molar refractivity (Wildman–Crippen MR) is 150 cm³/mol. The summed E-state index contributed by atoms with van der Waals surface area (Å²) in [6, 6.07) is 10.5. The van der Waals surface area contributed by atoms with Gasteiger partial charge in [-0.05, 0) is 74.4 Å². The van der Waals surface area contributed by atoms with Gasteiger partial charge in [-0.25, -0.2) is 0 Å². The van der Waals surface area contributed by atoms with Crippen LogP contribution in [0.1, 0.15) is 63.9 Å². The fraction of sp³-hybridized carbons (Fsp3) is 0.593. The standard InChI is InChI=1S/C27H37ClN6S/c1-20-10-16-34(17-11-20)24-18-23(33-14-4-5-15-33)30-25(31-24)32-26(35)29-19-27(12-2-3-13-27)21-6-8-22(28)9-7-21/h6-9,18,20H,2-5,10-17,19H2,1H3,(H2,29,30,31,32,35). The molecule has 35 heavy (non-hydrogen) atoms. The van der Waals surface area contributed by atoms with Gasteiger partial charge in [-0.2, -0.15) is 9.97 Å². The van der Waals surface area contributed by atoms with Crippen LogP contribution in [0.15, 0.2) is 30.3 Å². The number of aromatic nitrogens is 2. The van der Waals surface area contributed by atoms with Crippen molar-refractivity contribution in [2.75, 3.05) is 47.8 Å². The second-order valence-corrected chi connectivity index (χ2v) is 11.4. The first kappa shape index (κ1) is 24.6. The van der Waals surface area contributed by atoms with Gasteiger partial charge in [0.1, 0.15) is 11.6 Å². The first-order chi connectivity index (χ1) is 17.0. The molecule has 0 unspecified atom stereocenters. The summed E-state index contributed by atoms with van der Waals surface area (Å²) in [6.45, 7) is 7.33. The van der Waals surface area contributed by atoms with Crippen LogP contribution in [0.2, 0.25) is 5.02 Å². The molecule has 1 aliphatic carbocycles. The molecule has 5 rings (SSSR count). The number of halogens is 1. The van der Waals surface area contributed by atoms with E-state index in [1.54, 1.807) is 0 Å². The number of thiocarbonyl (C=S) groups is 1. The zero-order chi connectivity index (χ0) is 24.3. The molecule has 0 amide bonds. The van der Waals surface area contributed by atoms with Crippen molar-refractivity contribution in [1.29, 1.82) is 0 Å². The Labute approximate surface area is 219 Å². The van der Waals surface area contributed by atoms with Gasteiger partial charge in [0.25, 0.3) is 0 Å². The molecule has 3 heterocycles. The van der Waals surface area contributed by atoms with Crippen LogP contribution in [0.4, 0.5) is 17.6 Å². The first-order valence-corrected chi connectivity index (χ1v) is 14.0. The van der Waals surface area contributed by atoms with E-state index in [9.17, 15) is 0 Å². The molecule has 0 spiro atoms. The quantitative estimate of drug-likeness (QED) is 0.477. The van der Waals surface area contributed by atoms with Crippen molar-refractivity contribution in [3.8, 4) is 0 Å². The van der Waals surface area contributed by atoms with Crippen LogP contribution in [-0.4, -0.2) is 47.8 Å². The lowest BCUT2D eigenvalue weighted by Gasteiger charge is -2.32. The number of hydrogen-bond acceptors (Lipinski definition) is 5. The van der Waals surface area contributed by atoms with E-state index in [2.05, 4.69) is 45.6 Å². The van der Waals surface area contributed by atoms with Crippen LogP contribution in [0, 0.1) is 5.92 Å². The highest BCUT2D eigenvalue weighted by atomic mass is 35.5. The molecule has 1 aromatic heterocycles. The van der Waals surface area contributed by atoms with Crippen molar-refractivity contribution in [3.05, 3.63) is 40.9 Å². The molecule has 6 nitrogen and oxygen atoms in total. The topological polar surface area (TPSA) is 56.3 Å². The molecule has 2 saturated heterocycles. The van der Waals surface area contributed by atoms with E-state index in [-0.39, 0.29) is 5.41 Å². The third-order valence-corrected chi connectivity index (χ3v) is 8.57. The van der Waals surface area contributed by atoms with Crippen molar-refractivity contribution >= 4 is 46.5 Å². The fourth-order valence-corrected chi connectivity index (χ4v) is 6.09. The number of anilines is 3. The van der Waals surface area contributed by atoms with Gasteiger partial charge in [-0.1, -0.05) is 43.5 Å². The number of nitrogens with one attached hydrogen (secondary N) is 2. The SMILES string of the molecule is CC1CCN(c2cc(N3CCCC3)nc(NC(=S)NCC3(c4ccc(Cl)cc4)CCCC3)n2)CC1. The number of nitrogens with zero attached hydrogens (tertiary/aromatic N) is 4. The van der Waals surface area contributed by atoms with E-state index in [4.69, 9.17) is 33.8 Å². The van der Waals surface area contributed by atoms with Crippen LogP contribution in [0.5, 0.6) is 0 Å². The molecule has 3 aliphatic rings. The van der Waals surface area contributed by atoms with E-state index in [0.717, 1.165) is 68.1 Å². The Hall–Kier alpha value is -2.12. The lowest BCUT2D eigenvalue weighted by Crippen LogP contribution is -2.41. The van der Waals surface area contributed by atoms with E-state index < -0.39 is 0 Å². The third-order valence-electron chi connectivity index (χ3n) is 8.07. The largest absolute Gasteiger partial charge is 0.361 e. The molecule has 3 fully saturated rings. The summed E-state index contributed by atoms with van der Waals surface area (Å²) in [5.74, 6) is 3.38. The Morgan fingerprint density at radius 1 is 0.971 bits per heavy atom. The van der Waals surface area contributed by atoms with Crippen molar-refractivity contribution in [1.82, 2.24) is 15.3 Å². The van der Waals surface area contributed by atoms with E-state index >= 15 is 0 Å². The average Bonchev–Trinajstić information content (AvgIpc) is 3.57. The van der Waals surface area contributed by atoms with Crippen molar-refractivity contribution in [2.24, 2.45) is 5.92 Å². The normalized spacial score (nSPS) is 20.3. The second-order valence-electron chi connectivity index (χ2n) is 10.6. The van der Waals surface area contributed by atoms with Gasteiger partial charge >= 0.3 is 0 Å². The van der Waals surface area contributed by atoms with Crippen molar-refractivity contribution in [3.63, 3.8) is 0 Å². The minimum atomic E-state index is 0.0875. The van der Waals surface area contributed by atoms with Crippen LogP contribution in [0.3, 0.4) is 0 Å². The Bertz CT molecular complexity index is 1010. The van der Waals surface area contributed by atoms with Crippen molar-refractivity contribution < 1.29 is 0 Å². The zero-order valence-electron chi connectivity index (χ0n) is 20.7. The molecule has 0 atom stereocenters. The summed E-state index contributed by atoms with van der Waals surface area (Å²) >= 11 is 11.9. The van der Waals surface area contributed by atoms with Gasteiger partial charge in [-0.3, -0.25) is 0 Å². The Morgan fingerprint density at radius 3 is 2.20 bits per heavy atom. The van der Waals surface area contributed by atoms with E-state index in [0.29, 0.717) is 11.1 Å². The Kier molecular flexibility index (Phi) is 7.63. The molecule has 2 aromatic rings. The molecule has 188 valence electrons. The summed E-state index contributed by atoms with van der Waals surface area (Å²) in [7, 11) is 0. The monoisotopic (exact) mass is 512 g/mol. The molecule has 2 N–H and O–H groups in total. The average molecular weight is 513 g/mol. The molecule has 2 aliphatic heterocycles. The molecular formula is C27H37ClN6S. The molecule has 0 radical (unpaired) electrons. The predicted octanol–water partition coefficient (Wildman–Crippen LogP) is 5.76. The first-order valence-electron chi connectivity index (χ1n) is 13.2. The van der Waals surface area contributed by atoms with Gasteiger partial charge in [0.2, 0.25) is 5.95 Å². The van der Waals surface area contributed by atoms with E-state index in [1.165, 1.54) is 44.1 Å². The van der Waals surface area contributed by atoms with Crippen LogP contribution >= 0.6 is 23.8 Å². The smallest absolute Gasteiger partial charge is 0.232 e. The minimum Gasteiger partial charge on any atom is -0.361 e. The molecule has 8 heteroatoms. The minimum absolute atomic E-state index is 0.0875. The number of hydrogen-bond donors (Lipinski definition) is 2. The number of rotatable bonds is 6. The number of piperidine rings is 1. The summed E-state index contributed by atoms with van der Waals surface area (Å²) in [6.07, 6.45) is 9.64. The van der Waals surface area contributed by atoms with Crippen LogP contribution < -0.4 is 20.4 Å². The highest BCUT2D eigenvalue weighted by molar-refractivity contribution is 7.80.